The van der Waals surface area contributed by atoms with Crippen LogP contribution >= 0.6 is 11.8 Å². The second-order valence-corrected chi connectivity index (χ2v) is 5.72. The third-order valence-corrected chi connectivity index (χ3v) is 4.32. The van der Waals surface area contributed by atoms with Gasteiger partial charge in [-0.05, 0) is 25.7 Å². The van der Waals surface area contributed by atoms with E-state index < -0.39 is 0 Å². The fraction of sp³-hybridized carbons (Fsp3) is 0.909. The van der Waals surface area contributed by atoms with Gasteiger partial charge in [0, 0.05) is 11.8 Å². The Hall–Kier alpha value is -0.220. The van der Waals surface area contributed by atoms with E-state index >= 15 is 0 Å². The molecule has 1 saturated carbocycles. The molecule has 15 heavy (non-hydrogen) atoms. The van der Waals surface area contributed by atoms with Crippen LogP contribution in [0.15, 0.2) is 0 Å². The molecule has 2 N–H and O–H groups in total. The maximum Gasteiger partial charge on any atom is 0.230 e. The second kappa shape index (κ2) is 6.38. The average Bonchev–Trinajstić information content (AvgIpc) is 2.11. The zero-order valence-corrected chi connectivity index (χ0v) is 10.3. The first-order valence-corrected chi connectivity index (χ1v) is 6.71. The Morgan fingerprint density at radius 1 is 1.53 bits per heavy atom. The van der Waals surface area contributed by atoms with E-state index in [1.54, 1.807) is 6.92 Å². The highest BCUT2D eigenvalue weighted by Gasteiger charge is 2.18. The number of amides is 1. The average molecular weight is 231 g/mol. The molecule has 2 atom stereocenters. The lowest BCUT2D eigenvalue weighted by atomic mass is 9.85. The van der Waals surface area contributed by atoms with E-state index in [2.05, 4.69) is 5.32 Å². The Balaban J connectivity index is 2.02. The van der Waals surface area contributed by atoms with Gasteiger partial charge in [0.1, 0.15) is 0 Å². The van der Waals surface area contributed by atoms with E-state index in [1.165, 1.54) is 31.0 Å². The molecule has 0 aromatic heterocycles. The molecular weight excluding hydrogens is 210 g/mol. The molecule has 0 bridgehead atoms. The summed E-state index contributed by atoms with van der Waals surface area (Å²) in [5, 5.41) is 12.3. The van der Waals surface area contributed by atoms with Crippen LogP contribution in [0.4, 0.5) is 0 Å². The van der Waals surface area contributed by atoms with Crippen molar-refractivity contribution < 1.29 is 9.90 Å². The monoisotopic (exact) mass is 231 g/mol. The number of aliphatic hydroxyl groups is 1. The summed E-state index contributed by atoms with van der Waals surface area (Å²) in [5.41, 5.74) is 0. The van der Waals surface area contributed by atoms with Crippen molar-refractivity contribution >= 4 is 17.7 Å². The second-order valence-electron chi connectivity index (χ2n) is 4.36. The van der Waals surface area contributed by atoms with Gasteiger partial charge in [-0.15, -0.1) is 11.8 Å². The van der Waals surface area contributed by atoms with Crippen LogP contribution < -0.4 is 5.32 Å². The Kier molecular flexibility index (Phi) is 5.47. The molecule has 0 aliphatic heterocycles. The third-order valence-electron chi connectivity index (χ3n) is 2.97. The number of rotatable bonds is 6. The minimum Gasteiger partial charge on any atom is -0.392 e. The van der Waals surface area contributed by atoms with Crippen LogP contribution in [0.1, 0.15) is 33.1 Å². The molecule has 1 fully saturated rings. The quantitative estimate of drug-likeness (QED) is 0.726. The number of carbonyl (C=O) groups excluding carboxylic acids is 1. The number of hydrogen-bond acceptors (Lipinski definition) is 3. The summed E-state index contributed by atoms with van der Waals surface area (Å²) in [5.74, 6) is 1.27. The van der Waals surface area contributed by atoms with Gasteiger partial charge in [-0.1, -0.05) is 13.3 Å². The zero-order chi connectivity index (χ0) is 11.3. The standard InChI is InChI=1S/C11H21NO2S/c1-8(13)9(2)15-7-11(14)12-6-10-4-3-5-10/h8-10,13H,3-7H2,1-2H3,(H,12,14)/t8-,9+/m0/s1. The number of hydrogen-bond donors (Lipinski definition) is 2. The van der Waals surface area contributed by atoms with Crippen molar-refractivity contribution in [2.75, 3.05) is 12.3 Å². The van der Waals surface area contributed by atoms with Crippen molar-refractivity contribution in [1.82, 2.24) is 5.32 Å². The summed E-state index contributed by atoms with van der Waals surface area (Å²) in [6.45, 7) is 4.53. The maximum atomic E-state index is 11.4. The normalized spacial score (nSPS) is 20.5. The van der Waals surface area contributed by atoms with Crippen LogP contribution in [0.25, 0.3) is 0 Å². The van der Waals surface area contributed by atoms with Gasteiger partial charge in [0.2, 0.25) is 5.91 Å². The Morgan fingerprint density at radius 3 is 2.67 bits per heavy atom. The number of carbonyl (C=O) groups is 1. The SMILES string of the molecule is C[C@H](O)[C@@H](C)SCC(=O)NCC1CCC1. The van der Waals surface area contributed by atoms with Gasteiger partial charge < -0.3 is 10.4 Å². The Labute approximate surface area is 96.0 Å². The van der Waals surface area contributed by atoms with E-state index in [9.17, 15) is 9.90 Å². The van der Waals surface area contributed by atoms with Gasteiger partial charge >= 0.3 is 0 Å². The van der Waals surface area contributed by atoms with E-state index in [0.717, 1.165) is 6.54 Å². The van der Waals surface area contributed by atoms with Crippen LogP contribution in [0.3, 0.4) is 0 Å². The van der Waals surface area contributed by atoms with Gasteiger partial charge in [-0.25, -0.2) is 0 Å². The van der Waals surface area contributed by atoms with Crippen molar-refractivity contribution in [2.45, 2.75) is 44.5 Å². The zero-order valence-electron chi connectivity index (χ0n) is 9.53. The molecule has 1 aliphatic carbocycles. The van der Waals surface area contributed by atoms with Crippen molar-refractivity contribution in [3.8, 4) is 0 Å². The number of thioether (sulfide) groups is 1. The molecule has 4 heteroatoms. The summed E-state index contributed by atoms with van der Waals surface area (Å²) in [7, 11) is 0. The lowest BCUT2D eigenvalue weighted by Gasteiger charge is -2.25. The van der Waals surface area contributed by atoms with Gasteiger partial charge in [0.25, 0.3) is 0 Å². The Bertz CT molecular complexity index is 205. The molecule has 1 amide bonds. The first-order chi connectivity index (χ1) is 7.09. The minimum absolute atomic E-state index is 0.0967. The third kappa shape index (κ3) is 4.89. The maximum absolute atomic E-state index is 11.4. The first-order valence-electron chi connectivity index (χ1n) is 5.66. The Morgan fingerprint density at radius 2 is 2.20 bits per heavy atom. The van der Waals surface area contributed by atoms with Gasteiger partial charge in [0.05, 0.1) is 11.9 Å². The highest BCUT2D eigenvalue weighted by molar-refractivity contribution is 8.00. The van der Waals surface area contributed by atoms with Gasteiger partial charge in [0.15, 0.2) is 0 Å². The number of nitrogens with one attached hydrogen (secondary N) is 1. The molecule has 88 valence electrons. The fourth-order valence-corrected chi connectivity index (χ4v) is 2.15. The van der Waals surface area contributed by atoms with Crippen molar-refractivity contribution in [3.63, 3.8) is 0 Å². The van der Waals surface area contributed by atoms with E-state index in [-0.39, 0.29) is 17.3 Å². The summed E-state index contributed by atoms with van der Waals surface area (Å²) < 4.78 is 0. The van der Waals surface area contributed by atoms with Crippen LogP contribution in [0.5, 0.6) is 0 Å². The van der Waals surface area contributed by atoms with Crippen molar-refractivity contribution in [3.05, 3.63) is 0 Å². The van der Waals surface area contributed by atoms with Crippen LogP contribution in [-0.2, 0) is 4.79 Å². The highest BCUT2D eigenvalue weighted by Crippen LogP contribution is 2.25. The van der Waals surface area contributed by atoms with Crippen LogP contribution in [0, 0.1) is 5.92 Å². The molecule has 0 saturated heterocycles. The van der Waals surface area contributed by atoms with E-state index in [1.807, 2.05) is 6.92 Å². The number of aliphatic hydroxyl groups excluding tert-OH is 1. The molecule has 0 spiro atoms. The summed E-state index contributed by atoms with van der Waals surface area (Å²) in [6.07, 6.45) is 3.48. The largest absolute Gasteiger partial charge is 0.392 e. The van der Waals surface area contributed by atoms with E-state index in [4.69, 9.17) is 0 Å². The topological polar surface area (TPSA) is 49.3 Å². The molecule has 0 aromatic rings. The molecular formula is C11H21NO2S. The lowest BCUT2D eigenvalue weighted by Crippen LogP contribution is -2.33. The molecule has 3 nitrogen and oxygen atoms in total. The predicted octanol–water partition coefficient (Wildman–Crippen LogP) is 1.41. The molecule has 0 unspecified atom stereocenters. The lowest BCUT2D eigenvalue weighted by molar-refractivity contribution is -0.118. The molecule has 0 aromatic carbocycles. The first kappa shape index (κ1) is 12.8. The predicted molar refractivity (Wildman–Crippen MR) is 64.0 cm³/mol. The van der Waals surface area contributed by atoms with E-state index in [0.29, 0.717) is 11.7 Å². The molecule has 1 rings (SSSR count). The van der Waals surface area contributed by atoms with Crippen LogP contribution in [0.2, 0.25) is 0 Å². The van der Waals surface area contributed by atoms with Crippen molar-refractivity contribution in [2.24, 2.45) is 5.92 Å². The highest BCUT2D eigenvalue weighted by atomic mass is 32.2. The minimum atomic E-state index is -0.352. The molecule has 0 radical (unpaired) electrons. The fourth-order valence-electron chi connectivity index (χ4n) is 1.35. The molecule has 0 heterocycles. The van der Waals surface area contributed by atoms with Crippen LogP contribution in [-0.4, -0.2) is 34.7 Å². The van der Waals surface area contributed by atoms with Gasteiger partial charge in [-0.3, -0.25) is 4.79 Å². The van der Waals surface area contributed by atoms with Gasteiger partial charge in [-0.2, -0.15) is 0 Å². The molecule has 1 aliphatic rings. The summed E-state index contributed by atoms with van der Waals surface area (Å²) >= 11 is 1.51. The summed E-state index contributed by atoms with van der Waals surface area (Å²) in [4.78, 5) is 11.4. The summed E-state index contributed by atoms with van der Waals surface area (Å²) in [6, 6.07) is 0. The smallest absolute Gasteiger partial charge is 0.230 e. The van der Waals surface area contributed by atoms with Crippen molar-refractivity contribution in [1.29, 1.82) is 0 Å².